The number of likely N-dealkylation sites (tertiary alicyclic amines) is 1. The first kappa shape index (κ1) is 11.2. The van der Waals surface area contributed by atoms with E-state index >= 15 is 0 Å². The number of amides is 1. The van der Waals surface area contributed by atoms with Gasteiger partial charge in [0.1, 0.15) is 0 Å². The lowest BCUT2D eigenvalue weighted by Crippen LogP contribution is -2.37. The predicted octanol–water partition coefficient (Wildman–Crippen LogP) is 1.83. The summed E-state index contributed by atoms with van der Waals surface area (Å²) in [4.78, 5) is 16.5. The van der Waals surface area contributed by atoms with Crippen molar-refractivity contribution >= 4 is 17.2 Å². The van der Waals surface area contributed by atoms with Crippen LogP contribution in [0.25, 0.3) is 0 Å². The smallest absolute Gasteiger partial charge is 0.264 e. The maximum atomic E-state index is 12.3. The van der Waals surface area contributed by atoms with E-state index in [0.29, 0.717) is 0 Å². The van der Waals surface area contributed by atoms with Gasteiger partial charge in [0.15, 0.2) is 0 Å². The van der Waals surface area contributed by atoms with Crippen LogP contribution in [0.2, 0.25) is 0 Å². The van der Waals surface area contributed by atoms with E-state index in [2.05, 4.69) is 6.07 Å². The Bertz CT molecular complexity index is 419. The summed E-state index contributed by atoms with van der Waals surface area (Å²) in [5.74, 6) is 0.126. The lowest BCUT2D eigenvalue weighted by atomic mass is 10.2. The summed E-state index contributed by atoms with van der Waals surface area (Å²) in [6.45, 7) is 0.892. The van der Waals surface area contributed by atoms with Crippen LogP contribution in [0.5, 0.6) is 0 Å². The Balaban J connectivity index is 1.81. The van der Waals surface area contributed by atoms with Crippen LogP contribution in [0, 0.1) is 0 Å². The lowest BCUT2D eigenvalue weighted by molar-refractivity contribution is 0.0682. The van der Waals surface area contributed by atoms with E-state index in [1.54, 1.807) is 11.3 Å². The fraction of sp³-hybridized carbons (Fsp3) is 0.615. The summed E-state index contributed by atoms with van der Waals surface area (Å²) in [7, 11) is 0. The number of nitrogens with zero attached hydrogens (tertiary/aromatic N) is 1. The van der Waals surface area contributed by atoms with E-state index in [0.717, 1.165) is 37.1 Å². The molecule has 2 heterocycles. The summed E-state index contributed by atoms with van der Waals surface area (Å²) in [6, 6.07) is 2.11. The molecule has 1 unspecified atom stereocenters. The molecule has 0 bridgehead atoms. The maximum absolute atomic E-state index is 12.3. The minimum atomic E-state index is 0.0411. The third-order valence-corrected chi connectivity index (χ3v) is 5.03. The first-order chi connectivity index (χ1) is 8.29. The molecule has 3 rings (SSSR count). The highest BCUT2D eigenvalue weighted by atomic mass is 32.1. The number of aliphatic hydroxyl groups excluding tert-OH is 1. The molecule has 0 radical (unpaired) electrons. The van der Waals surface area contributed by atoms with Gasteiger partial charge in [0.2, 0.25) is 0 Å². The van der Waals surface area contributed by atoms with E-state index in [-0.39, 0.29) is 18.6 Å². The zero-order valence-corrected chi connectivity index (χ0v) is 10.6. The van der Waals surface area contributed by atoms with Gasteiger partial charge in [-0.15, -0.1) is 11.3 Å². The van der Waals surface area contributed by atoms with Crippen molar-refractivity contribution in [1.29, 1.82) is 0 Å². The molecule has 0 spiro atoms. The van der Waals surface area contributed by atoms with Crippen LogP contribution in [-0.4, -0.2) is 35.1 Å². The Hall–Kier alpha value is -0.870. The Morgan fingerprint density at radius 1 is 1.47 bits per heavy atom. The van der Waals surface area contributed by atoms with Crippen LogP contribution in [-0.2, 0) is 12.8 Å². The number of carbonyl (C=O) groups is 1. The van der Waals surface area contributed by atoms with Gasteiger partial charge in [0, 0.05) is 11.4 Å². The fourth-order valence-corrected chi connectivity index (χ4v) is 4.08. The highest BCUT2D eigenvalue weighted by Gasteiger charge is 2.30. The number of fused-ring (bicyclic) bond motifs is 1. The minimum absolute atomic E-state index is 0.0411. The van der Waals surface area contributed by atoms with E-state index in [1.165, 1.54) is 16.9 Å². The van der Waals surface area contributed by atoms with Crippen LogP contribution >= 0.6 is 11.3 Å². The van der Waals surface area contributed by atoms with Gasteiger partial charge in [-0.3, -0.25) is 4.79 Å². The second-order valence-electron chi connectivity index (χ2n) is 4.89. The van der Waals surface area contributed by atoms with Crippen molar-refractivity contribution < 1.29 is 9.90 Å². The average Bonchev–Trinajstić information content (AvgIpc) is 3.02. The van der Waals surface area contributed by atoms with Gasteiger partial charge in [-0.25, -0.2) is 0 Å². The van der Waals surface area contributed by atoms with Gasteiger partial charge in [0.25, 0.3) is 5.91 Å². The van der Waals surface area contributed by atoms with Gasteiger partial charge < -0.3 is 10.0 Å². The molecule has 92 valence electrons. The highest BCUT2D eigenvalue weighted by Crippen LogP contribution is 2.32. The van der Waals surface area contributed by atoms with Crippen molar-refractivity contribution in [2.45, 2.75) is 38.1 Å². The monoisotopic (exact) mass is 251 g/mol. The quantitative estimate of drug-likeness (QED) is 0.871. The molecule has 1 saturated heterocycles. The van der Waals surface area contributed by atoms with E-state index < -0.39 is 0 Å². The normalized spacial score (nSPS) is 23.1. The van der Waals surface area contributed by atoms with Crippen LogP contribution in [0.15, 0.2) is 6.07 Å². The second kappa shape index (κ2) is 4.42. The molecule has 1 aromatic rings. The summed E-state index contributed by atoms with van der Waals surface area (Å²) < 4.78 is 0. The number of hydrogen-bond acceptors (Lipinski definition) is 3. The average molecular weight is 251 g/mol. The Morgan fingerprint density at radius 2 is 2.35 bits per heavy atom. The van der Waals surface area contributed by atoms with Crippen molar-refractivity contribution in [3.63, 3.8) is 0 Å². The molecule has 1 atom stereocenters. The summed E-state index contributed by atoms with van der Waals surface area (Å²) in [6.07, 6.45) is 5.45. The zero-order chi connectivity index (χ0) is 11.8. The molecule has 1 amide bonds. The maximum Gasteiger partial charge on any atom is 0.264 e. The number of hydrogen-bond donors (Lipinski definition) is 1. The molecule has 3 nitrogen and oxygen atoms in total. The summed E-state index contributed by atoms with van der Waals surface area (Å²) in [5, 5.41) is 9.26. The zero-order valence-electron chi connectivity index (χ0n) is 9.82. The molecule has 0 saturated carbocycles. The van der Waals surface area contributed by atoms with Gasteiger partial charge in [0.05, 0.1) is 17.5 Å². The molecular formula is C13H17NO2S. The number of carbonyl (C=O) groups excluding carboxylic acids is 1. The Morgan fingerprint density at radius 3 is 3.12 bits per heavy atom. The molecule has 17 heavy (non-hydrogen) atoms. The number of rotatable bonds is 2. The van der Waals surface area contributed by atoms with Crippen molar-refractivity contribution in [2.24, 2.45) is 0 Å². The van der Waals surface area contributed by atoms with Crippen LogP contribution in [0.1, 0.15) is 39.4 Å². The van der Waals surface area contributed by atoms with Crippen LogP contribution in [0.4, 0.5) is 0 Å². The van der Waals surface area contributed by atoms with Crippen molar-refractivity contribution in [3.8, 4) is 0 Å². The molecular weight excluding hydrogens is 234 g/mol. The Kier molecular flexibility index (Phi) is 2.92. The first-order valence-electron chi connectivity index (χ1n) is 6.33. The largest absolute Gasteiger partial charge is 0.394 e. The van der Waals surface area contributed by atoms with Gasteiger partial charge >= 0.3 is 0 Å². The molecule has 0 aromatic carbocycles. The predicted molar refractivity (Wildman–Crippen MR) is 67.5 cm³/mol. The lowest BCUT2D eigenvalue weighted by Gasteiger charge is -2.22. The van der Waals surface area contributed by atoms with Crippen molar-refractivity contribution in [3.05, 3.63) is 21.4 Å². The Labute approximate surface area is 105 Å². The van der Waals surface area contributed by atoms with Crippen molar-refractivity contribution in [1.82, 2.24) is 4.90 Å². The van der Waals surface area contributed by atoms with Crippen LogP contribution in [0.3, 0.4) is 0 Å². The number of aliphatic hydroxyl groups is 1. The van der Waals surface area contributed by atoms with Crippen molar-refractivity contribution in [2.75, 3.05) is 13.2 Å². The third-order valence-electron chi connectivity index (χ3n) is 3.81. The molecule has 4 heteroatoms. The van der Waals surface area contributed by atoms with Crippen LogP contribution < -0.4 is 0 Å². The summed E-state index contributed by atoms with van der Waals surface area (Å²) >= 11 is 1.66. The molecule has 1 aliphatic carbocycles. The van der Waals surface area contributed by atoms with E-state index in [4.69, 9.17) is 0 Å². The minimum Gasteiger partial charge on any atom is -0.394 e. The number of aryl methyl sites for hydroxylation is 2. The molecule has 1 aromatic heterocycles. The SMILES string of the molecule is O=C(c1cc2c(s1)CCC2)N1CCCC1CO. The fourth-order valence-electron chi connectivity index (χ4n) is 2.87. The first-order valence-corrected chi connectivity index (χ1v) is 7.14. The topological polar surface area (TPSA) is 40.5 Å². The molecule has 2 aliphatic rings. The molecule has 1 N–H and O–H groups in total. The van der Waals surface area contributed by atoms with E-state index in [9.17, 15) is 9.90 Å². The standard InChI is InChI=1S/C13H17NO2S/c15-8-10-4-2-6-14(10)13(16)12-7-9-3-1-5-11(9)17-12/h7,10,15H,1-6,8H2. The van der Waals surface area contributed by atoms with E-state index in [1.807, 2.05) is 4.90 Å². The van der Waals surface area contributed by atoms with Gasteiger partial charge in [-0.1, -0.05) is 0 Å². The summed E-state index contributed by atoms with van der Waals surface area (Å²) in [5.41, 5.74) is 1.37. The number of thiophene rings is 1. The second-order valence-corrected chi connectivity index (χ2v) is 6.03. The van der Waals surface area contributed by atoms with Gasteiger partial charge in [-0.2, -0.15) is 0 Å². The molecule has 1 fully saturated rings. The van der Waals surface area contributed by atoms with Gasteiger partial charge in [-0.05, 0) is 43.7 Å². The third kappa shape index (κ3) is 1.89. The highest BCUT2D eigenvalue weighted by molar-refractivity contribution is 7.14. The molecule has 1 aliphatic heterocycles.